The fourth-order valence-corrected chi connectivity index (χ4v) is 3.17. The number of hydrogen-bond acceptors (Lipinski definition) is 4. The first-order valence-electron chi connectivity index (χ1n) is 9.05. The molecule has 0 radical (unpaired) electrons. The van der Waals surface area contributed by atoms with E-state index in [9.17, 15) is 9.59 Å². The first-order chi connectivity index (χ1) is 11.2. The van der Waals surface area contributed by atoms with Gasteiger partial charge in [-0.1, -0.05) is 57.9 Å². The molecule has 0 aromatic carbocycles. The molecule has 0 spiro atoms. The van der Waals surface area contributed by atoms with Crippen molar-refractivity contribution in [2.24, 2.45) is 0 Å². The number of thioether (sulfide) groups is 1. The van der Waals surface area contributed by atoms with Crippen molar-refractivity contribution >= 4 is 22.9 Å². The highest BCUT2D eigenvalue weighted by Crippen LogP contribution is 2.23. The highest BCUT2D eigenvalue weighted by atomic mass is 32.2. The molecule has 0 aromatic heterocycles. The van der Waals surface area contributed by atoms with Gasteiger partial charge in [-0.3, -0.25) is 14.9 Å². The van der Waals surface area contributed by atoms with E-state index in [0.717, 1.165) is 50.7 Å². The Kier molecular flexibility index (Phi) is 12.0. The van der Waals surface area contributed by atoms with Crippen LogP contribution >= 0.6 is 11.8 Å². The Labute approximate surface area is 144 Å². The smallest absolute Gasteiger partial charge is 0.290 e. The van der Waals surface area contributed by atoms with Crippen LogP contribution in [0.15, 0.2) is 11.0 Å². The zero-order valence-corrected chi connectivity index (χ0v) is 15.2. The third kappa shape index (κ3) is 10.6. The molecule has 1 N–H and O–H groups in total. The van der Waals surface area contributed by atoms with Crippen LogP contribution in [-0.4, -0.2) is 24.4 Å². The summed E-state index contributed by atoms with van der Waals surface area (Å²) >= 11 is 0.989. The van der Waals surface area contributed by atoms with Crippen LogP contribution in [0.1, 0.15) is 77.6 Å². The minimum atomic E-state index is -0.269. The van der Waals surface area contributed by atoms with Crippen molar-refractivity contribution in [1.29, 1.82) is 0 Å². The predicted octanol–water partition coefficient (Wildman–Crippen LogP) is 5.18. The molecule has 0 saturated carbocycles. The van der Waals surface area contributed by atoms with Crippen LogP contribution in [0.2, 0.25) is 0 Å². The largest absolute Gasteiger partial charge is 0.381 e. The number of allylic oxidation sites excluding steroid dienone is 1. The van der Waals surface area contributed by atoms with Crippen molar-refractivity contribution in [2.75, 3.05) is 13.2 Å². The van der Waals surface area contributed by atoms with Crippen LogP contribution in [-0.2, 0) is 9.53 Å². The molecule has 132 valence electrons. The minimum Gasteiger partial charge on any atom is -0.381 e. The van der Waals surface area contributed by atoms with E-state index in [1.165, 1.54) is 44.9 Å². The molecule has 1 aliphatic rings. The summed E-state index contributed by atoms with van der Waals surface area (Å²) in [4.78, 5) is 22.8. The van der Waals surface area contributed by atoms with E-state index >= 15 is 0 Å². The highest BCUT2D eigenvalue weighted by Gasteiger charge is 2.24. The summed E-state index contributed by atoms with van der Waals surface area (Å²) in [5.74, 6) is -0.258. The average Bonchev–Trinajstić information content (AvgIpc) is 2.85. The first kappa shape index (κ1) is 20.2. The lowest BCUT2D eigenvalue weighted by molar-refractivity contribution is -0.115. The van der Waals surface area contributed by atoms with E-state index in [1.54, 1.807) is 0 Å². The summed E-state index contributed by atoms with van der Waals surface area (Å²) in [7, 11) is 0. The number of nitrogens with one attached hydrogen (secondary N) is 1. The summed E-state index contributed by atoms with van der Waals surface area (Å²) in [6, 6.07) is 0. The third-order valence-electron chi connectivity index (χ3n) is 3.86. The number of unbranched alkanes of at least 4 members (excludes halogenated alkanes) is 9. The van der Waals surface area contributed by atoms with Crippen molar-refractivity contribution in [3.05, 3.63) is 11.0 Å². The van der Waals surface area contributed by atoms with Crippen molar-refractivity contribution in [3.8, 4) is 0 Å². The van der Waals surface area contributed by atoms with Gasteiger partial charge in [0.25, 0.3) is 11.1 Å². The lowest BCUT2D eigenvalue weighted by Gasteiger charge is -2.04. The summed E-state index contributed by atoms with van der Waals surface area (Å²) in [5, 5.41) is 1.99. The van der Waals surface area contributed by atoms with E-state index in [2.05, 4.69) is 12.2 Å². The van der Waals surface area contributed by atoms with Crippen LogP contribution in [0.5, 0.6) is 0 Å². The summed E-state index contributed by atoms with van der Waals surface area (Å²) in [5.41, 5.74) is 0. The van der Waals surface area contributed by atoms with Gasteiger partial charge in [0.1, 0.15) is 0 Å². The molecule has 0 aromatic rings. The maximum atomic E-state index is 11.3. The molecule has 1 heterocycles. The molecule has 5 heteroatoms. The van der Waals surface area contributed by atoms with Crippen LogP contribution in [0, 0.1) is 0 Å². The molecule has 2 amide bonds. The van der Waals surface area contributed by atoms with Crippen LogP contribution in [0.3, 0.4) is 0 Å². The molecule has 1 rings (SSSR count). The Hall–Kier alpha value is -0.810. The van der Waals surface area contributed by atoms with Gasteiger partial charge >= 0.3 is 0 Å². The molecular formula is C18H31NO3S. The van der Waals surface area contributed by atoms with Gasteiger partial charge in [0.2, 0.25) is 0 Å². The van der Waals surface area contributed by atoms with E-state index in [-0.39, 0.29) is 11.1 Å². The number of carbonyl (C=O) groups excluding carboxylic acids is 2. The Morgan fingerprint density at radius 3 is 2.13 bits per heavy atom. The molecule has 0 unspecified atom stereocenters. The summed E-state index contributed by atoms with van der Waals surface area (Å²) in [6.45, 7) is 3.90. The lowest BCUT2D eigenvalue weighted by Crippen LogP contribution is -2.17. The van der Waals surface area contributed by atoms with E-state index in [0.29, 0.717) is 4.91 Å². The van der Waals surface area contributed by atoms with Gasteiger partial charge < -0.3 is 4.74 Å². The van der Waals surface area contributed by atoms with E-state index in [4.69, 9.17) is 4.74 Å². The Morgan fingerprint density at radius 1 is 0.913 bits per heavy atom. The lowest BCUT2D eigenvalue weighted by atomic mass is 10.1. The van der Waals surface area contributed by atoms with Crippen molar-refractivity contribution in [3.63, 3.8) is 0 Å². The summed E-state index contributed by atoms with van der Waals surface area (Å²) in [6.07, 6.45) is 15.3. The molecule has 0 atom stereocenters. The maximum absolute atomic E-state index is 11.3. The number of amides is 2. The first-order valence-corrected chi connectivity index (χ1v) is 9.86. The average molecular weight is 342 g/mol. The number of imide groups is 1. The number of carbonyl (C=O) groups is 2. The fraction of sp³-hybridized carbons (Fsp3) is 0.778. The number of rotatable bonds is 14. The SMILES string of the molecule is CCCCCCCCCCOCCCCC=C1SC(=O)NC1=O. The van der Waals surface area contributed by atoms with Crippen molar-refractivity contribution < 1.29 is 14.3 Å². The number of ether oxygens (including phenoxy) is 1. The van der Waals surface area contributed by atoms with Crippen molar-refractivity contribution in [1.82, 2.24) is 5.32 Å². The summed E-state index contributed by atoms with van der Waals surface area (Å²) < 4.78 is 5.63. The highest BCUT2D eigenvalue weighted by molar-refractivity contribution is 8.18. The van der Waals surface area contributed by atoms with Gasteiger partial charge in [0.15, 0.2) is 0 Å². The molecule has 0 bridgehead atoms. The second-order valence-electron chi connectivity index (χ2n) is 6.00. The van der Waals surface area contributed by atoms with Crippen molar-refractivity contribution in [2.45, 2.75) is 77.6 Å². The third-order valence-corrected chi connectivity index (χ3v) is 4.72. The second kappa shape index (κ2) is 13.6. The standard InChI is InChI=1S/C18H31NO3S/c1-2-3-4-5-6-7-8-11-14-22-15-12-9-10-13-16-17(20)19-18(21)23-16/h13H,2-12,14-15H2,1H3,(H,19,20,21). The van der Waals surface area contributed by atoms with Gasteiger partial charge in [-0.2, -0.15) is 0 Å². The van der Waals surface area contributed by atoms with E-state index in [1.807, 2.05) is 6.08 Å². The zero-order valence-electron chi connectivity index (χ0n) is 14.4. The Bertz CT molecular complexity index is 382. The molecule has 1 fully saturated rings. The molecular weight excluding hydrogens is 310 g/mol. The van der Waals surface area contributed by atoms with Crippen LogP contribution < -0.4 is 5.32 Å². The Morgan fingerprint density at radius 2 is 1.52 bits per heavy atom. The van der Waals surface area contributed by atoms with Crippen LogP contribution in [0.25, 0.3) is 0 Å². The van der Waals surface area contributed by atoms with E-state index < -0.39 is 0 Å². The maximum Gasteiger partial charge on any atom is 0.290 e. The molecule has 1 aliphatic heterocycles. The second-order valence-corrected chi connectivity index (χ2v) is 7.01. The molecule has 0 aliphatic carbocycles. The Balaban J connectivity index is 1.81. The van der Waals surface area contributed by atoms with Gasteiger partial charge in [0, 0.05) is 13.2 Å². The fourth-order valence-electron chi connectivity index (χ4n) is 2.48. The minimum absolute atomic E-state index is 0.258. The monoisotopic (exact) mass is 341 g/mol. The molecule has 4 nitrogen and oxygen atoms in total. The predicted molar refractivity (Wildman–Crippen MR) is 96.5 cm³/mol. The normalized spacial score (nSPS) is 16.3. The number of hydrogen-bond donors (Lipinski definition) is 1. The molecule has 23 heavy (non-hydrogen) atoms. The van der Waals surface area contributed by atoms with Crippen LogP contribution in [0.4, 0.5) is 4.79 Å². The van der Waals surface area contributed by atoms with Gasteiger partial charge in [0.05, 0.1) is 4.91 Å². The quantitative estimate of drug-likeness (QED) is 0.349. The molecule has 1 saturated heterocycles. The zero-order chi connectivity index (χ0) is 16.8. The van der Waals surface area contributed by atoms with Gasteiger partial charge in [-0.05, 0) is 37.4 Å². The van der Waals surface area contributed by atoms with Gasteiger partial charge in [-0.15, -0.1) is 0 Å². The topological polar surface area (TPSA) is 55.4 Å². The van der Waals surface area contributed by atoms with Gasteiger partial charge in [-0.25, -0.2) is 0 Å².